The minimum Gasteiger partial charge on any atom is -0.375 e. The fraction of sp³-hybridized carbons (Fsp3) is 0.471. The molecule has 1 amide bonds. The van der Waals surface area contributed by atoms with Crippen LogP contribution in [0.25, 0.3) is 11.4 Å². The van der Waals surface area contributed by atoms with Gasteiger partial charge < -0.3 is 9.64 Å². The molecular formula is C17H22N4O2S. The molecule has 1 unspecified atom stereocenters. The molecule has 0 radical (unpaired) electrons. The number of aromatic amines is 1. The van der Waals surface area contributed by atoms with Gasteiger partial charge in [0, 0.05) is 31.6 Å². The third-order valence-electron chi connectivity index (χ3n) is 4.18. The normalized spacial score (nSPS) is 17.9. The van der Waals surface area contributed by atoms with Crippen LogP contribution in [0.2, 0.25) is 0 Å². The number of carbonyl (C=O) groups is 1. The molecule has 0 aliphatic carbocycles. The van der Waals surface area contributed by atoms with Gasteiger partial charge in [0.05, 0.1) is 12.7 Å². The number of rotatable bonds is 4. The van der Waals surface area contributed by atoms with Crippen molar-refractivity contribution in [2.45, 2.75) is 32.9 Å². The molecule has 1 aliphatic heterocycles. The lowest BCUT2D eigenvalue weighted by molar-refractivity contribution is -0.138. The fourth-order valence-electron chi connectivity index (χ4n) is 2.94. The number of nitrogens with zero attached hydrogens (tertiary/aromatic N) is 3. The molecule has 128 valence electrons. The van der Waals surface area contributed by atoms with Crippen molar-refractivity contribution in [1.82, 2.24) is 19.7 Å². The molecule has 0 saturated carbocycles. The molecule has 1 aliphatic rings. The summed E-state index contributed by atoms with van der Waals surface area (Å²) in [5.74, 6) is 0.898. The summed E-state index contributed by atoms with van der Waals surface area (Å²) >= 11 is 5.33. The highest BCUT2D eigenvalue weighted by Crippen LogP contribution is 2.19. The Bertz CT molecular complexity index is 783. The van der Waals surface area contributed by atoms with Crippen molar-refractivity contribution in [3.63, 3.8) is 0 Å². The van der Waals surface area contributed by atoms with Gasteiger partial charge in [-0.3, -0.25) is 14.5 Å². The molecule has 0 bridgehead atoms. The van der Waals surface area contributed by atoms with E-state index >= 15 is 0 Å². The Morgan fingerprint density at radius 1 is 1.50 bits per heavy atom. The van der Waals surface area contributed by atoms with Gasteiger partial charge in [0.2, 0.25) is 5.91 Å². The van der Waals surface area contributed by atoms with Crippen LogP contribution in [0.3, 0.4) is 0 Å². The maximum atomic E-state index is 12.4. The zero-order chi connectivity index (χ0) is 17.1. The summed E-state index contributed by atoms with van der Waals surface area (Å²) in [4.78, 5) is 14.3. The second-order valence-corrected chi connectivity index (χ2v) is 6.53. The molecule has 7 heteroatoms. The maximum Gasteiger partial charge on any atom is 0.224 e. The third-order valence-corrected chi connectivity index (χ3v) is 4.49. The summed E-state index contributed by atoms with van der Waals surface area (Å²) in [6.07, 6.45) is 0.501. The first-order valence-electron chi connectivity index (χ1n) is 8.16. The predicted octanol–water partition coefficient (Wildman–Crippen LogP) is 2.55. The van der Waals surface area contributed by atoms with E-state index in [2.05, 4.69) is 16.3 Å². The molecule has 2 aromatic rings. The molecule has 1 N–H and O–H groups in total. The predicted molar refractivity (Wildman–Crippen MR) is 94.2 cm³/mol. The minimum atomic E-state index is 0.0987. The molecule has 1 aromatic heterocycles. The Labute approximate surface area is 146 Å². The number of carbonyl (C=O) groups excluding carboxylic acids is 1. The maximum absolute atomic E-state index is 12.4. The van der Waals surface area contributed by atoms with E-state index in [4.69, 9.17) is 17.0 Å². The Morgan fingerprint density at radius 2 is 2.33 bits per heavy atom. The monoisotopic (exact) mass is 346 g/mol. The molecule has 2 heterocycles. The van der Waals surface area contributed by atoms with E-state index in [1.807, 2.05) is 41.5 Å². The van der Waals surface area contributed by atoms with Crippen molar-refractivity contribution in [3.8, 4) is 11.4 Å². The second kappa shape index (κ2) is 7.27. The van der Waals surface area contributed by atoms with Gasteiger partial charge in [-0.2, -0.15) is 5.10 Å². The number of benzene rings is 1. The van der Waals surface area contributed by atoms with Crippen molar-refractivity contribution in [2.75, 3.05) is 19.7 Å². The quantitative estimate of drug-likeness (QED) is 0.864. The van der Waals surface area contributed by atoms with E-state index in [0.717, 1.165) is 17.0 Å². The number of amides is 1. The van der Waals surface area contributed by atoms with E-state index in [0.29, 0.717) is 37.4 Å². The summed E-state index contributed by atoms with van der Waals surface area (Å²) < 4.78 is 7.92. The average molecular weight is 346 g/mol. The van der Waals surface area contributed by atoms with Crippen LogP contribution in [0.5, 0.6) is 0 Å². The molecule has 6 nitrogen and oxygen atoms in total. The van der Waals surface area contributed by atoms with Gasteiger partial charge in [-0.05, 0) is 32.1 Å². The smallest absolute Gasteiger partial charge is 0.224 e. The molecule has 1 atom stereocenters. The summed E-state index contributed by atoms with van der Waals surface area (Å²) in [6, 6.07) is 8.10. The molecular weight excluding hydrogens is 324 g/mol. The van der Waals surface area contributed by atoms with E-state index in [-0.39, 0.29) is 12.0 Å². The van der Waals surface area contributed by atoms with Gasteiger partial charge in [-0.1, -0.05) is 23.8 Å². The van der Waals surface area contributed by atoms with E-state index in [9.17, 15) is 4.79 Å². The molecule has 1 saturated heterocycles. The van der Waals surface area contributed by atoms with Crippen LogP contribution >= 0.6 is 12.2 Å². The number of aromatic nitrogens is 3. The van der Waals surface area contributed by atoms with E-state index in [1.54, 1.807) is 0 Å². The molecule has 0 spiro atoms. The minimum absolute atomic E-state index is 0.0987. The first-order chi connectivity index (χ1) is 11.5. The number of H-pyrrole nitrogens is 1. The molecule has 1 aromatic carbocycles. The highest BCUT2D eigenvalue weighted by atomic mass is 32.1. The zero-order valence-corrected chi connectivity index (χ0v) is 14.8. The Hall–Kier alpha value is -1.99. The van der Waals surface area contributed by atoms with E-state index < -0.39 is 0 Å². The van der Waals surface area contributed by atoms with E-state index in [1.165, 1.54) is 0 Å². The largest absolute Gasteiger partial charge is 0.375 e. The standard InChI is InChI=1S/C17H22N4O2S/c1-12-4-3-5-14(10-12)16-18-19-17(24)21(16)7-6-15(22)20-8-9-23-13(2)11-20/h3-5,10,13H,6-9,11H2,1-2H3,(H,19,24). The van der Waals surface area contributed by atoms with Crippen molar-refractivity contribution in [2.24, 2.45) is 0 Å². The zero-order valence-electron chi connectivity index (χ0n) is 14.0. The lowest BCUT2D eigenvalue weighted by Crippen LogP contribution is -2.44. The van der Waals surface area contributed by atoms with Crippen molar-refractivity contribution in [1.29, 1.82) is 0 Å². The first-order valence-corrected chi connectivity index (χ1v) is 8.57. The van der Waals surface area contributed by atoms with Gasteiger partial charge in [0.25, 0.3) is 0 Å². The van der Waals surface area contributed by atoms with Gasteiger partial charge in [0.15, 0.2) is 10.6 Å². The van der Waals surface area contributed by atoms with Gasteiger partial charge >= 0.3 is 0 Å². The number of aryl methyl sites for hydroxylation is 1. The van der Waals surface area contributed by atoms with Crippen LogP contribution in [-0.2, 0) is 16.1 Å². The molecule has 1 fully saturated rings. The first kappa shape index (κ1) is 16.9. The van der Waals surface area contributed by atoms with Gasteiger partial charge in [-0.15, -0.1) is 0 Å². The summed E-state index contributed by atoms with van der Waals surface area (Å²) in [5.41, 5.74) is 2.15. The fourth-order valence-corrected chi connectivity index (χ4v) is 3.16. The van der Waals surface area contributed by atoms with Gasteiger partial charge in [-0.25, -0.2) is 0 Å². The SMILES string of the molecule is Cc1cccc(-c2n[nH]c(=S)n2CCC(=O)N2CCOC(C)C2)c1. The van der Waals surface area contributed by atoms with Crippen LogP contribution in [0.4, 0.5) is 0 Å². The Balaban J connectivity index is 1.73. The highest BCUT2D eigenvalue weighted by molar-refractivity contribution is 7.71. The van der Waals surface area contributed by atoms with Crippen LogP contribution < -0.4 is 0 Å². The lowest BCUT2D eigenvalue weighted by atomic mass is 10.1. The Morgan fingerprint density at radius 3 is 3.08 bits per heavy atom. The van der Waals surface area contributed by atoms with Crippen LogP contribution in [0, 0.1) is 11.7 Å². The number of hydrogen-bond acceptors (Lipinski definition) is 4. The Kier molecular flexibility index (Phi) is 5.11. The van der Waals surface area contributed by atoms with Crippen LogP contribution in [0.1, 0.15) is 18.9 Å². The third kappa shape index (κ3) is 3.73. The summed E-state index contributed by atoms with van der Waals surface area (Å²) in [6.45, 7) is 6.46. The number of morpholine rings is 1. The van der Waals surface area contributed by atoms with Crippen molar-refractivity contribution >= 4 is 18.1 Å². The second-order valence-electron chi connectivity index (χ2n) is 6.14. The lowest BCUT2D eigenvalue weighted by Gasteiger charge is -2.31. The summed E-state index contributed by atoms with van der Waals surface area (Å²) in [7, 11) is 0. The number of nitrogens with one attached hydrogen (secondary N) is 1. The summed E-state index contributed by atoms with van der Waals surface area (Å²) in [5, 5.41) is 7.17. The molecule has 24 heavy (non-hydrogen) atoms. The van der Waals surface area contributed by atoms with Crippen molar-refractivity contribution < 1.29 is 9.53 Å². The number of ether oxygens (including phenoxy) is 1. The molecule has 3 rings (SSSR count). The highest BCUT2D eigenvalue weighted by Gasteiger charge is 2.21. The van der Waals surface area contributed by atoms with Crippen molar-refractivity contribution in [3.05, 3.63) is 34.6 Å². The average Bonchev–Trinajstić information content (AvgIpc) is 2.93. The van der Waals surface area contributed by atoms with Gasteiger partial charge in [0.1, 0.15) is 0 Å². The van der Waals surface area contributed by atoms with Crippen LogP contribution in [-0.4, -0.2) is 51.4 Å². The number of hydrogen-bond donors (Lipinski definition) is 1. The topological polar surface area (TPSA) is 63.2 Å². The van der Waals surface area contributed by atoms with Crippen LogP contribution in [0.15, 0.2) is 24.3 Å².